The van der Waals surface area contributed by atoms with Gasteiger partial charge in [0.15, 0.2) is 5.43 Å². The lowest BCUT2D eigenvalue weighted by atomic mass is 10.2. The standard InChI is InChI=1S/C16H17FN2O2/c17-11-5-6-14-13(9-11)15(20)7-8-19(14)10-16(21)18-12-3-1-2-4-12/h5-9,12H,1-4,10H2,(H,18,21). The third-order valence-electron chi connectivity index (χ3n) is 3.97. The van der Waals surface area contributed by atoms with Gasteiger partial charge in [-0.1, -0.05) is 12.8 Å². The Labute approximate surface area is 121 Å². The molecule has 1 aliphatic carbocycles. The van der Waals surface area contributed by atoms with Crippen molar-refractivity contribution in [1.29, 1.82) is 0 Å². The molecule has 1 aromatic carbocycles. The van der Waals surface area contributed by atoms with Crippen LogP contribution in [-0.2, 0) is 11.3 Å². The van der Waals surface area contributed by atoms with E-state index in [4.69, 9.17) is 0 Å². The van der Waals surface area contributed by atoms with Gasteiger partial charge in [-0.3, -0.25) is 9.59 Å². The molecule has 1 aromatic heterocycles. The van der Waals surface area contributed by atoms with Crippen molar-refractivity contribution in [1.82, 2.24) is 9.88 Å². The van der Waals surface area contributed by atoms with Crippen molar-refractivity contribution >= 4 is 16.8 Å². The van der Waals surface area contributed by atoms with Crippen molar-refractivity contribution in [3.8, 4) is 0 Å². The van der Waals surface area contributed by atoms with Crippen LogP contribution < -0.4 is 10.7 Å². The highest BCUT2D eigenvalue weighted by Gasteiger charge is 2.17. The van der Waals surface area contributed by atoms with E-state index in [2.05, 4.69) is 5.32 Å². The third-order valence-corrected chi connectivity index (χ3v) is 3.97. The van der Waals surface area contributed by atoms with Gasteiger partial charge < -0.3 is 9.88 Å². The van der Waals surface area contributed by atoms with Crippen LogP contribution >= 0.6 is 0 Å². The summed E-state index contributed by atoms with van der Waals surface area (Å²) < 4.78 is 14.9. The van der Waals surface area contributed by atoms with E-state index in [1.54, 1.807) is 10.8 Å². The molecule has 0 unspecified atom stereocenters. The van der Waals surface area contributed by atoms with Crippen molar-refractivity contribution in [2.24, 2.45) is 0 Å². The van der Waals surface area contributed by atoms with Gasteiger partial charge in [-0.15, -0.1) is 0 Å². The van der Waals surface area contributed by atoms with Gasteiger partial charge in [0.25, 0.3) is 0 Å². The summed E-state index contributed by atoms with van der Waals surface area (Å²) >= 11 is 0. The zero-order chi connectivity index (χ0) is 14.8. The number of rotatable bonds is 3. The highest BCUT2D eigenvalue weighted by molar-refractivity contribution is 5.82. The molecular weight excluding hydrogens is 271 g/mol. The fourth-order valence-electron chi connectivity index (χ4n) is 2.92. The van der Waals surface area contributed by atoms with Crippen LogP contribution in [0.1, 0.15) is 25.7 Å². The minimum Gasteiger partial charge on any atom is -0.352 e. The number of benzene rings is 1. The van der Waals surface area contributed by atoms with Crippen molar-refractivity contribution < 1.29 is 9.18 Å². The average Bonchev–Trinajstić information content (AvgIpc) is 2.95. The molecule has 1 fully saturated rings. The fraction of sp³-hybridized carbons (Fsp3) is 0.375. The smallest absolute Gasteiger partial charge is 0.240 e. The fourth-order valence-corrected chi connectivity index (χ4v) is 2.92. The van der Waals surface area contributed by atoms with E-state index in [0.717, 1.165) is 25.7 Å². The number of hydrogen-bond donors (Lipinski definition) is 1. The van der Waals surface area contributed by atoms with Gasteiger partial charge >= 0.3 is 0 Å². The molecule has 1 saturated carbocycles. The topological polar surface area (TPSA) is 51.1 Å². The largest absolute Gasteiger partial charge is 0.352 e. The van der Waals surface area contributed by atoms with Crippen LogP contribution in [0.5, 0.6) is 0 Å². The van der Waals surface area contributed by atoms with Crippen LogP contribution in [0.4, 0.5) is 4.39 Å². The number of aromatic nitrogens is 1. The van der Waals surface area contributed by atoms with E-state index in [-0.39, 0.29) is 23.9 Å². The highest BCUT2D eigenvalue weighted by atomic mass is 19.1. The monoisotopic (exact) mass is 288 g/mol. The lowest BCUT2D eigenvalue weighted by Gasteiger charge is -2.14. The molecule has 0 radical (unpaired) electrons. The number of fused-ring (bicyclic) bond motifs is 1. The predicted octanol–water partition coefficient (Wildman–Crippen LogP) is 2.20. The van der Waals surface area contributed by atoms with Gasteiger partial charge in [0, 0.05) is 23.7 Å². The van der Waals surface area contributed by atoms with Crippen molar-refractivity contribution in [3.63, 3.8) is 0 Å². The number of nitrogens with zero attached hydrogens (tertiary/aromatic N) is 1. The summed E-state index contributed by atoms with van der Waals surface area (Å²) in [7, 11) is 0. The molecule has 0 saturated heterocycles. The zero-order valence-electron chi connectivity index (χ0n) is 11.6. The minimum atomic E-state index is -0.451. The van der Waals surface area contributed by atoms with Gasteiger partial charge in [0.1, 0.15) is 12.4 Å². The van der Waals surface area contributed by atoms with Crippen LogP contribution in [0.25, 0.3) is 10.9 Å². The van der Waals surface area contributed by atoms with Crippen molar-refractivity contribution in [3.05, 3.63) is 46.5 Å². The zero-order valence-corrected chi connectivity index (χ0v) is 11.6. The Kier molecular flexibility index (Phi) is 3.73. The second-order valence-electron chi connectivity index (χ2n) is 5.52. The third kappa shape index (κ3) is 2.96. The number of nitrogens with one attached hydrogen (secondary N) is 1. The van der Waals surface area contributed by atoms with Crippen LogP contribution in [0.2, 0.25) is 0 Å². The molecule has 4 nitrogen and oxygen atoms in total. The maximum Gasteiger partial charge on any atom is 0.240 e. The van der Waals surface area contributed by atoms with Crippen molar-refractivity contribution in [2.75, 3.05) is 0 Å². The molecule has 0 spiro atoms. The Morgan fingerprint density at radius 1 is 1.29 bits per heavy atom. The maximum atomic E-state index is 13.3. The lowest BCUT2D eigenvalue weighted by Crippen LogP contribution is -2.35. The summed E-state index contributed by atoms with van der Waals surface area (Å²) in [4.78, 5) is 23.8. The molecule has 2 aromatic rings. The van der Waals surface area contributed by atoms with E-state index in [1.165, 1.54) is 24.3 Å². The van der Waals surface area contributed by atoms with Crippen LogP contribution in [0.3, 0.4) is 0 Å². The van der Waals surface area contributed by atoms with Crippen LogP contribution in [0, 0.1) is 5.82 Å². The summed E-state index contributed by atoms with van der Waals surface area (Å²) in [6, 6.07) is 5.68. The number of carbonyl (C=O) groups is 1. The molecule has 1 heterocycles. The Bertz CT molecular complexity index is 733. The average molecular weight is 288 g/mol. The summed E-state index contributed by atoms with van der Waals surface area (Å²) in [6.07, 6.45) is 5.96. The van der Waals surface area contributed by atoms with Gasteiger partial charge in [0.05, 0.1) is 5.52 Å². The molecule has 1 N–H and O–H groups in total. The van der Waals surface area contributed by atoms with E-state index >= 15 is 0 Å². The van der Waals surface area contributed by atoms with E-state index in [1.807, 2.05) is 0 Å². The summed E-state index contributed by atoms with van der Waals surface area (Å²) in [5.74, 6) is -0.524. The van der Waals surface area contributed by atoms with Gasteiger partial charge in [-0.05, 0) is 31.0 Å². The normalized spacial score (nSPS) is 15.5. The van der Waals surface area contributed by atoms with Gasteiger partial charge in [-0.2, -0.15) is 0 Å². The lowest BCUT2D eigenvalue weighted by molar-refractivity contribution is -0.122. The SMILES string of the molecule is O=C(Cn1ccc(=O)c2cc(F)ccc21)NC1CCCC1. The Balaban J connectivity index is 1.85. The van der Waals surface area contributed by atoms with Crippen LogP contribution in [0.15, 0.2) is 35.3 Å². The Hall–Kier alpha value is -2.17. The molecule has 0 atom stereocenters. The second kappa shape index (κ2) is 5.68. The van der Waals surface area contributed by atoms with Gasteiger partial charge in [-0.25, -0.2) is 4.39 Å². The molecule has 110 valence electrons. The minimum absolute atomic E-state index is 0.0730. The highest BCUT2D eigenvalue weighted by Crippen LogP contribution is 2.18. The number of hydrogen-bond acceptors (Lipinski definition) is 2. The van der Waals surface area contributed by atoms with Gasteiger partial charge in [0.2, 0.25) is 5.91 Å². The number of pyridine rings is 1. The first-order valence-electron chi connectivity index (χ1n) is 7.21. The number of amides is 1. The second-order valence-corrected chi connectivity index (χ2v) is 5.52. The molecule has 0 aliphatic heterocycles. The summed E-state index contributed by atoms with van der Waals surface area (Å²) in [6.45, 7) is 0.138. The Morgan fingerprint density at radius 3 is 2.81 bits per heavy atom. The molecule has 5 heteroatoms. The maximum absolute atomic E-state index is 13.3. The summed E-state index contributed by atoms with van der Waals surface area (Å²) in [5.41, 5.74) is 0.336. The summed E-state index contributed by atoms with van der Waals surface area (Å²) in [5, 5.41) is 3.30. The van der Waals surface area contributed by atoms with Crippen molar-refractivity contribution in [2.45, 2.75) is 38.3 Å². The van der Waals surface area contributed by atoms with E-state index < -0.39 is 5.82 Å². The molecule has 3 rings (SSSR count). The molecule has 0 bridgehead atoms. The first kappa shape index (κ1) is 13.8. The molecular formula is C16H17FN2O2. The first-order chi connectivity index (χ1) is 10.1. The number of carbonyl (C=O) groups excluding carboxylic acids is 1. The first-order valence-corrected chi connectivity index (χ1v) is 7.21. The Morgan fingerprint density at radius 2 is 2.05 bits per heavy atom. The van der Waals surface area contributed by atoms with E-state index in [9.17, 15) is 14.0 Å². The van der Waals surface area contributed by atoms with Crippen LogP contribution in [-0.4, -0.2) is 16.5 Å². The molecule has 21 heavy (non-hydrogen) atoms. The predicted molar refractivity (Wildman–Crippen MR) is 78.6 cm³/mol. The molecule has 1 amide bonds. The van der Waals surface area contributed by atoms with E-state index in [0.29, 0.717) is 10.9 Å². The number of halogens is 1. The molecule has 1 aliphatic rings. The quantitative estimate of drug-likeness (QED) is 0.941.